The van der Waals surface area contributed by atoms with Crippen LogP contribution in [-0.4, -0.2) is 19.2 Å². The molecule has 4 rings (SSSR count). The molecule has 3 nitrogen and oxygen atoms in total. The molecule has 1 heterocycles. The van der Waals surface area contributed by atoms with Crippen molar-refractivity contribution >= 4 is 5.97 Å². The minimum Gasteiger partial charge on any atom is -0.497 e. The first-order valence-electron chi connectivity index (χ1n) is 8.45. The molecular weight excluding hydrogens is 276 g/mol. The largest absolute Gasteiger partial charge is 0.497 e. The van der Waals surface area contributed by atoms with E-state index in [4.69, 9.17) is 9.47 Å². The molecule has 0 amide bonds. The normalized spacial score (nSPS) is 36.6. The number of benzene rings is 1. The fraction of sp³-hybridized carbons (Fsp3) is 0.632. The molecule has 2 aliphatic carbocycles. The lowest BCUT2D eigenvalue weighted by Crippen LogP contribution is -2.35. The zero-order valence-electron chi connectivity index (χ0n) is 13.4. The third kappa shape index (κ3) is 2.05. The Labute approximate surface area is 132 Å². The van der Waals surface area contributed by atoms with Crippen molar-refractivity contribution in [3.8, 4) is 5.75 Å². The number of carbonyl (C=O) groups is 1. The van der Waals surface area contributed by atoms with Crippen LogP contribution in [-0.2, 0) is 22.4 Å². The van der Waals surface area contributed by atoms with Crippen LogP contribution in [0.5, 0.6) is 5.75 Å². The van der Waals surface area contributed by atoms with Crippen LogP contribution in [0.3, 0.4) is 0 Å². The Morgan fingerprint density at radius 2 is 2.09 bits per heavy atom. The number of methoxy groups -OCH3 is 1. The van der Waals surface area contributed by atoms with Crippen LogP contribution >= 0.6 is 0 Å². The molecule has 2 fully saturated rings. The molecule has 1 saturated heterocycles. The molecule has 4 unspecified atom stereocenters. The smallest absolute Gasteiger partial charge is 0.306 e. The van der Waals surface area contributed by atoms with Crippen molar-refractivity contribution in [3.63, 3.8) is 0 Å². The van der Waals surface area contributed by atoms with Crippen molar-refractivity contribution in [1.82, 2.24) is 0 Å². The first-order valence-corrected chi connectivity index (χ1v) is 8.45. The summed E-state index contributed by atoms with van der Waals surface area (Å²) in [6.07, 6.45) is 6.55. The van der Waals surface area contributed by atoms with Gasteiger partial charge in [-0.2, -0.15) is 0 Å². The Kier molecular flexibility index (Phi) is 3.21. The van der Waals surface area contributed by atoms with Gasteiger partial charge in [0.15, 0.2) is 0 Å². The molecule has 3 aliphatic rings. The summed E-state index contributed by atoms with van der Waals surface area (Å²) in [4.78, 5) is 11.7. The van der Waals surface area contributed by atoms with Crippen molar-refractivity contribution < 1.29 is 14.3 Å². The average molecular weight is 300 g/mol. The van der Waals surface area contributed by atoms with Crippen molar-refractivity contribution in [2.75, 3.05) is 7.11 Å². The zero-order valence-corrected chi connectivity index (χ0v) is 13.4. The Hall–Kier alpha value is -1.51. The molecule has 1 aliphatic heterocycles. The van der Waals surface area contributed by atoms with Crippen LogP contribution < -0.4 is 4.74 Å². The molecule has 118 valence electrons. The van der Waals surface area contributed by atoms with Crippen molar-refractivity contribution in [1.29, 1.82) is 0 Å². The number of carbonyl (C=O) groups excluding carboxylic acids is 1. The average Bonchev–Trinajstić information content (AvgIpc) is 2.97. The molecule has 1 aromatic rings. The molecule has 0 radical (unpaired) electrons. The van der Waals surface area contributed by atoms with Gasteiger partial charge in [0.05, 0.1) is 13.5 Å². The minimum atomic E-state index is 0.0122. The summed E-state index contributed by atoms with van der Waals surface area (Å²) < 4.78 is 10.9. The SMILES string of the molecule is COc1ccc2c(c1)CCC(C1CCC3OC(=O)CC31C)C2. The number of fused-ring (bicyclic) bond motifs is 2. The summed E-state index contributed by atoms with van der Waals surface area (Å²) in [7, 11) is 1.73. The van der Waals surface area contributed by atoms with E-state index < -0.39 is 0 Å². The van der Waals surface area contributed by atoms with Gasteiger partial charge in [-0.15, -0.1) is 0 Å². The van der Waals surface area contributed by atoms with Gasteiger partial charge in [0.25, 0.3) is 0 Å². The fourth-order valence-corrected chi connectivity index (χ4v) is 5.18. The van der Waals surface area contributed by atoms with Gasteiger partial charge in [0, 0.05) is 5.41 Å². The van der Waals surface area contributed by atoms with Crippen LogP contribution in [0.2, 0.25) is 0 Å². The standard InChI is InChI=1S/C19H24O3/c1-19-11-18(20)22-17(19)8-7-16(19)14-4-3-13-10-15(21-2)6-5-12(13)9-14/h5-6,10,14,16-17H,3-4,7-9,11H2,1-2H3. The van der Waals surface area contributed by atoms with Gasteiger partial charge in [-0.3, -0.25) is 4.79 Å². The number of hydrogen-bond acceptors (Lipinski definition) is 3. The van der Waals surface area contributed by atoms with E-state index >= 15 is 0 Å². The summed E-state index contributed by atoms with van der Waals surface area (Å²) in [6.45, 7) is 2.28. The number of aryl methyl sites for hydroxylation is 1. The maximum atomic E-state index is 11.7. The number of rotatable bonds is 2. The predicted molar refractivity (Wildman–Crippen MR) is 83.8 cm³/mol. The van der Waals surface area contributed by atoms with E-state index in [2.05, 4.69) is 25.1 Å². The number of hydrogen-bond donors (Lipinski definition) is 0. The third-order valence-electron chi connectivity index (χ3n) is 6.37. The van der Waals surface area contributed by atoms with Crippen LogP contribution in [0.25, 0.3) is 0 Å². The molecule has 22 heavy (non-hydrogen) atoms. The molecule has 1 saturated carbocycles. The molecule has 0 aromatic heterocycles. The van der Waals surface area contributed by atoms with Crippen molar-refractivity contribution in [3.05, 3.63) is 29.3 Å². The van der Waals surface area contributed by atoms with E-state index in [0.717, 1.165) is 25.0 Å². The molecule has 1 aromatic carbocycles. The highest BCUT2D eigenvalue weighted by atomic mass is 16.6. The summed E-state index contributed by atoms with van der Waals surface area (Å²) in [5, 5.41) is 0. The maximum Gasteiger partial charge on any atom is 0.306 e. The van der Waals surface area contributed by atoms with E-state index in [1.807, 2.05) is 0 Å². The number of ether oxygens (including phenoxy) is 2. The molecule has 4 atom stereocenters. The molecule has 0 N–H and O–H groups in total. The fourth-order valence-electron chi connectivity index (χ4n) is 5.18. The molecular formula is C19H24O3. The molecule has 0 bridgehead atoms. The van der Waals surface area contributed by atoms with Gasteiger partial charge >= 0.3 is 5.97 Å². The highest BCUT2D eigenvalue weighted by Crippen LogP contribution is 2.56. The highest BCUT2D eigenvalue weighted by molar-refractivity contribution is 5.73. The monoisotopic (exact) mass is 300 g/mol. The second-order valence-electron chi connectivity index (χ2n) is 7.48. The van der Waals surface area contributed by atoms with Gasteiger partial charge in [-0.25, -0.2) is 0 Å². The van der Waals surface area contributed by atoms with Crippen LogP contribution in [0.1, 0.15) is 43.7 Å². The minimum absolute atomic E-state index is 0.0122. The van der Waals surface area contributed by atoms with E-state index in [1.165, 1.54) is 24.0 Å². The number of esters is 1. The molecule has 3 heteroatoms. The lowest BCUT2D eigenvalue weighted by molar-refractivity contribution is -0.141. The van der Waals surface area contributed by atoms with Crippen molar-refractivity contribution in [2.24, 2.45) is 17.3 Å². The Morgan fingerprint density at radius 3 is 2.91 bits per heavy atom. The second kappa shape index (κ2) is 5.00. The Balaban J connectivity index is 1.56. The van der Waals surface area contributed by atoms with Gasteiger partial charge in [0.1, 0.15) is 11.9 Å². The Morgan fingerprint density at radius 1 is 1.23 bits per heavy atom. The first kappa shape index (κ1) is 14.1. The predicted octanol–water partition coefficient (Wildman–Crippen LogP) is 3.53. The van der Waals surface area contributed by atoms with Gasteiger partial charge in [-0.1, -0.05) is 13.0 Å². The van der Waals surface area contributed by atoms with Gasteiger partial charge in [-0.05, 0) is 67.2 Å². The van der Waals surface area contributed by atoms with Gasteiger partial charge in [0.2, 0.25) is 0 Å². The zero-order chi connectivity index (χ0) is 15.3. The third-order valence-corrected chi connectivity index (χ3v) is 6.37. The Bertz CT molecular complexity index is 609. The lowest BCUT2D eigenvalue weighted by atomic mass is 9.66. The quantitative estimate of drug-likeness (QED) is 0.784. The highest BCUT2D eigenvalue weighted by Gasteiger charge is 2.56. The van der Waals surface area contributed by atoms with Crippen LogP contribution in [0.15, 0.2) is 18.2 Å². The van der Waals surface area contributed by atoms with E-state index in [9.17, 15) is 4.79 Å². The van der Waals surface area contributed by atoms with E-state index in [1.54, 1.807) is 7.11 Å². The van der Waals surface area contributed by atoms with Crippen molar-refractivity contribution in [2.45, 2.75) is 51.6 Å². The van der Waals surface area contributed by atoms with E-state index in [-0.39, 0.29) is 17.5 Å². The van der Waals surface area contributed by atoms with Crippen LogP contribution in [0.4, 0.5) is 0 Å². The maximum absolute atomic E-state index is 11.7. The molecule has 0 spiro atoms. The summed E-state index contributed by atoms with van der Waals surface area (Å²) in [6, 6.07) is 6.49. The van der Waals surface area contributed by atoms with Crippen LogP contribution in [0, 0.1) is 17.3 Å². The lowest BCUT2D eigenvalue weighted by Gasteiger charge is -2.37. The summed E-state index contributed by atoms with van der Waals surface area (Å²) >= 11 is 0. The first-order chi connectivity index (χ1) is 10.6. The van der Waals surface area contributed by atoms with Gasteiger partial charge < -0.3 is 9.47 Å². The summed E-state index contributed by atoms with van der Waals surface area (Å²) in [5.41, 5.74) is 2.98. The second-order valence-corrected chi connectivity index (χ2v) is 7.48. The summed E-state index contributed by atoms with van der Waals surface area (Å²) in [5.74, 6) is 2.28. The topological polar surface area (TPSA) is 35.5 Å². The van der Waals surface area contributed by atoms with E-state index in [0.29, 0.717) is 18.3 Å².